The number of benzene rings is 2. The third-order valence-corrected chi connectivity index (χ3v) is 3.90. The number of anilines is 1. The summed E-state index contributed by atoms with van der Waals surface area (Å²) in [6.45, 7) is 0.782. The predicted octanol–water partition coefficient (Wildman–Crippen LogP) is 3.69. The van der Waals surface area contributed by atoms with Gasteiger partial charge in [-0.2, -0.15) is 0 Å². The third kappa shape index (κ3) is 4.86. The van der Waals surface area contributed by atoms with Crippen molar-refractivity contribution in [1.29, 1.82) is 0 Å². The van der Waals surface area contributed by atoms with Gasteiger partial charge in [-0.1, -0.05) is 54.3 Å². The molecule has 0 heterocycles. The van der Waals surface area contributed by atoms with Gasteiger partial charge in [-0.3, -0.25) is 4.72 Å². The smallest absolute Gasteiger partial charge is 0.0502 e. The van der Waals surface area contributed by atoms with Gasteiger partial charge in [-0.25, -0.2) is 0 Å². The second-order valence-corrected chi connectivity index (χ2v) is 5.77. The molecule has 2 aromatic rings. The lowest BCUT2D eigenvalue weighted by Crippen LogP contribution is -2.02. The molecule has 0 aliphatic rings. The van der Waals surface area contributed by atoms with E-state index in [0.717, 1.165) is 30.0 Å². The number of hydrogen-bond donors (Lipinski definition) is 2. The maximum absolute atomic E-state index is 5.64. The Bertz CT molecular complexity index is 602. The molecule has 0 aliphatic heterocycles. The van der Waals surface area contributed by atoms with Crippen molar-refractivity contribution in [1.82, 2.24) is 4.72 Å². The maximum atomic E-state index is 5.64. The Hall–Kier alpha value is -1.89. The Morgan fingerprint density at radius 1 is 1.10 bits per heavy atom. The quantitative estimate of drug-likeness (QED) is 0.463. The molecule has 0 fully saturated rings. The fraction of sp³-hybridized carbons (Fsp3) is 0.222. The van der Waals surface area contributed by atoms with Crippen molar-refractivity contribution in [3.05, 3.63) is 65.2 Å². The van der Waals surface area contributed by atoms with E-state index >= 15 is 0 Å². The molecule has 0 unspecified atom stereocenters. The largest absolute Gasteiger partial charge is 0.380 e. The Morgan fingerprint density at radius 3 is 2.62 bits per heavy atom. The monoisotopic (exact) mass is 296 g/mol. The zero-order valence-electron chi connectivity index (χ0n) is 12.2. The van der Waals surface area contributed by atoms with E-state index in [1.807, 2.05) is 25.2 Å². The van der Waals surface area contributed by atoms with Gasteiger partial charge in [0, 0.05) is 17.9 Å². The fourth-order valence-corrected chi connectivity index (χ4v) is 2.63. The summed E-state index contributed by atoms with van der Waals surface area (Å²) in [6, 6.07) is 16.6. The summed E-state index contributed by atoms with van der Waals surface area (Å²) in [5.41, 5.74) is 4.47. The van der Waals surface area contributed by atoms with Crippen LogP contribution in [-0.2, 0) is 13.0 Å². The number of nitrogens with one attached hydrogen (secondary N) is 2. The average molecular weight is 296 g/mol. The van der Waals surface area contributed by atoms with Gasteiger partial charge >= 0.3 is 0 Å². The summed E-state index contributed by atoms with van der Waals surface area (Å²) in [6.07, 6.45) is 6.65. The molecular weight excluding hydrogens is 276 g/mol. The highest BCUT2D eigenvalue weighted by Crippen LogP contribution is 2.18. The molecule has 2 nitrogen and oxygen atoms in total. The number of rotatable bonds is 7. The van der Waals surface area contributed by atoms with E-state index in [1.165, 1.54) is 11.1 Å². The Kier molecular flexibility index (Phi) is 6.21. The Balaban J connectivity index is 2.01. The van der Waals surface area contributed by atoms with Crippen LogP contribution in [0, 0.1) is 12.3 Å². The lowest BCUT2D eigenvalue weighted by atomic mass is 10.1. The molecule has 0 aliphatic carbocycles. The van der Waals surface area contributed by atoms with Gasteiger partial charge in [0.15, 0.2) is 0 Å². The van der Waals surface area contributed by atoms with Gasteiger partial charge in [0.25, 0.3) is 0 Å². The van der Waals surface area contributed by atoms with Crippen LogP contribution >= 0.6 is 11.9 Å². The van der Waals surface area contributed by atoms with Crippen LogP contribution in [0.3, 0.4) is 0 Å². The van der Waals surface area contributed by atoms with Gasteiger partial charge in [0.1, 0.15) is 0 Å². The first kappa shape index (κ1) is 15.5. The highest BCUT2D eigenvalue weighted by atomic mass is 32.2. The second kappa shape index (κ2) is 8.41. The number of terminal acetylenes is 1. The fourth-order valence-electron chi connectivity index (χ4n) is 2.08. The van der Waals surface area contributed by atoms with E-state index in [-0.39, 0.29) is 0 Å². The van der Waals surface area contributed by atoms with Crippen molar-refractivity contribution in [3.8, 4) is 12.3 Å². The first-order valence-electron chi connectivity index (χ1n) is 6.99. The molecule has 0 amide bonds. The third-order valence-electron chi connectivity index (χ3n) is 3.20. The minimum atomic E-state index is 0.782. The van der Waals surface area contributed by atoms with Crippen molar-refractivity contribution in [2.45, 2.75) is 13.0 Å². The summed E-state index contributed by atoms with van der Waals surface area (Å²) in [5.74, 6) is 3.82. The lowest BCUT2D eigenvalue weighted by Gasteiger charge is -2.11. The molecule has 0 spiro atoms. The van der Waals surface area contributed by atoms with E-state index < -0.39 is 0 Å². The predicted molar refractivity (Wildman–Crippen MR) is 93.4 cm³/mol. The molecule has 0 bridgehead atoms. The minimum absolute atomic E-state index is 0.782. The molecule has 3 heteroatoms. The van der Waals surface area contributed by atoms with Crippen molar-refractivity contribution < 1.29 is 0 Å². The van der Waals surface area contributed by atoms with E-state index in [9.17, 15) is 0 Å². The summed E-state index contributed by atoms with van der Waals surface area (Å²) in [7, 11) is 1.94. The molecule has 2 rings (SSSR count). The van der Waals surface area contributed by atoms with Crippen LogP contribution in [0.15, 0.2) is 48.5 Å². The molecule has 0 atom stereocenters. The summed E-state index contributed by atoms with van der Waals surface area (Å²) >= 11 is 1.71. The van der Waals surface area contributed by atoms with Gasteiger partial charge < -0.3 is 5.32 Å². The molecule has 2 aromatic carbocycles. The summed E-state index contributed by atoms with van der Waals surface area (Å²) in [4.78, 5) is 0. The van der Waals surface area contributed by atoms with E-state index in [0.29, 0.717) is 0 Å². The standard InChI is InChI=1S/C18H20N2S/c1-3-17-13-15(11-12-21-19-2)9-10-18(17)20-14-16-7-5-4-6-8-16/h1,4-10,13,19-20H,11-12,14H2,2H3. The molecule has 21 heavy (non-hydrogen) atoms. The molecular formula is C18H20N2S. The van der Waals surface area contributed by atoms with Crippen LogP contribution in [0.1, 0.15) is 16.7 Å². The highest BCUT2D eigenvalue weighted by Gasteiger charge is 2.02. The van der Waals surface area contributed by atoms with Crippen molar-refractivity contribution in [3.63, 3.8) is 0 Å². The average Bonchev–Trinajstić information content (AvgIpc) is 2.54. The highest BCUT2D eigenvalue weighted by molar-refractivity contribution is 7.97. The first-order valence-corrected chi connectivity index (χ1v) is 7.98. The normalized spacial score (nSPS) is 10.1. The molecule has 2 N–H and O–H groups in total. The topological polar surface area (TPSA) is 24.1 Å². The molecule has 0 radical (unpaired) electrons. The maximum Gasteiger partial charge on any atom is 0.0502 e. The van der Waals surface area contributed by atoms with E-state index in [1.54, 1.807) is 11.9 Å². The van der Waals surface area contributed by atoms with Gasteiger partial charge in [-0.15, -0.1) is 6.42 Å². The first-order chi connectivity index (χ1) is 10.3. The Morgan fingerprint density at radius 2 is 1.90 bits per heavy atom. The second-order valence-electron chi connectivity index (χ2n) is 4.67. The van der Waals surface area contributed by atoms with Crippen LogP contribution in [0.4, 0.5) is 5.69 Å². The number of aryl methyl sites for hydroxylation is 1. The molecule has 0 saturated carbocycles. The van der Waals surface area contributed by atoms with Gasteiger partial charge in [-0.05, 0) is 36.7 Å². The summed E-state index contributed by atoms with van der Waals surface area (Å²) < 4.78 is 3.08. The Labute approximate surface area is 131 Å². The van der Waals surface area contributed by atoms with Crippen molar-refractivity contribution >= 4 is 17.6 Å². The minimum Gasteiger partial charge on any atom is -0.380 e. The van der Waals surface area contributed by atoms with Crippen molar-refractivity contribution in [2.75, 3.05) is 18.1 Å². The molecule has 108 valence electrons. The SMILES string of the molecule is C#Cc1cc(CCSNC)ccc1NCc1ccccc1. The van der Waals surface area contributed by atoms with Gasteiger partial charge in [0.05, 0.1) is 5.69 Å². The zero-order valence-corrected chi connectivity index (χ0v) is 13.0. The van der Waals surface area contributed by atoms with Crippen LogP contribution in [0.5, 0.6) is 0 Å². The number of hydrogen-bond acceptors (Lipinski definition) is 3. The molecule has 0 saturated heterocycles. The van der Waals surface area contributed by atoms with E-state index in [2.05, 4.69) is 46.3 Å². The van der Waals surface area contributed by atoms with Crippen LogP contribution in [-0.4, -0.2) is 12.8 Å². The van der Waals surface area contributed by atoms with Crippen LogP contribution in [0.2, 0.25) is 0 Å². The zero-order chi connectivity index (χ0) is 14.9. The lowest BCUT2D eigenvalue weighted by molar-refractivity contribution is 1.12. The van der Waals surface area contributed by atoms with Gasteiger partial charge in [0.2, 0.25) is 0 Å². The van der Waals surface area contributed by atoms with Crippen LogP contribution < -0.4 is 10.0 Å². The van der Waals surface area contributed by atoms with Crippen LogP contribution in [0.25, 0.3) is 0 Å². The molecule has 0 aromatic heterocycles. The van der Waals surface area contributed by atoms with E-state index in [4.69, 9.17) is 6.42 Å². The summed E-state index contributed by atoms with van der Waals surface area (Å²) in [5, 5.41) is 3.41. The van der Waals surface area contributed by atoms with Crippen molar-refractivity contribution in [2.24, 2.45) is 0 Å².